The van der Waals surface area contributed by atoms with Crippen LogP contribution in [0.2, 0.25) is 0 Å². The Labute approximate surface area is 79.6 Å². The topological polar surface area (TPSA) is 15.3 Å². The molecule has 0 atom stereocenters. The molecule has 1 N–H and O–H groups in total. The molecule has 0 saturated heterocycles. The van der Waals surface area contributed by atoms with Gasteiger partial charge in [-0.2, -0.15) is 0 Å². The highest BCUT2D eigenvalue weighted by atomic mass is 15.1. The van der Waals surface area contributed by atoms with Crippen LogP contribution >= 0.6 is 0 Å². The Bertz CT molecular complexity index is 290. The van der Waals surface area contributed by atoms with E-state index in [0.717, 1.165) is 6.04 Å². The van der Waals surface area contributed by atoms with Crippen LogP contribution in [0.4, 0.5) is 11.4 Å². The van der Waals surface area contributed by atoms with Crippen LogP contribution in [-0.4, -0.2) is 20.1 Å². The van der Waals surface area contributed by atoms with Gasteiger partial charge in [-0.15, -0.1) is 0 Å². The molecule has 1 aromatic rings. The van der Waals surface area contributed by atoms with Crippen molar-refractivity contribution in [2.24, 2.45) is 0 Å². The minimum absolute atomic E-state index is 0.734. The largest absolute Gasteiger partial charge is 0.382 e. The van der Waals surface area contributed by atoms with E-state index in [1.54, 1.807) is 0 Å². The number of nitrogens with zero attached hydrogens (tertiary/aromatic N) is 1. The third-order valence-corrected chi connectivity index (χ3v) is 2.31. The maximum Gasteiger partial charge on any atom is 0.0381 e. The van der Waals surface area contributed by atoms with E-state index in [0.29, 0.717) is 0 Å². The lowest BCUT2D eigenvalue weighted by atomic mass is 10.2. The second-order valence-electron chi connectivity index (χ2n) is 3.86. The summed E-state index contributed by atoms with van der Waals surface area (Å²) in [5, 5.41) is 3.48. The Morgan fingerprint density at radius 3 is 2.69 bits per heavy atom. The molecule has 0 aliphatic heterocycles. The number of hydrogen-bond acceptors (Lipinski definition) is 2. The van der Waals surface area contributed by atoms with Gasteiger partial charge in [-0.3, -0.25) is 0 Å². The van der Waals surface area contributed by atoms with Crippen LogP contribution in [0.25, 0.3) is 0 Å². The van der Waals surface area contributed by atoms with Gasteiger partial charge in [0.25, 0.3) is 0 Å². The Morgan fingerprint density at radius 2 is 2.08 bits per heavy atom. The summed E-state index contributed by atoms with van der Waals surface area (Å²) < 4.78 is 0. The van der Waals surface area contributed by atoms with Crippen molar-refractivity contribution >= 4 is 11.4 Å². The van der Waals surface area contributed by atoms with Gasteiger partial charge in [-0.25, -0.2) is 0 Å². The summed E-state index contributed by atoms with van der Waals surface area (Å²) in [6.45, 7) is 0. The van der Waals surface area contributed by atoms with Gasteiger partial charge in [-0.05, 0) is 31.0 Å². The molecule has 2 heteroatoms. The number of anilines is 2. The number of benzene rings is 1. The summed E-state index contributed by atoms with van der Waals surface area (Å²) in [5.74, 6) is 0. The average Bonchev–Trinajstić information content (AvgIpc) is 2.89. The van der Waals surface area contributed by atoms with Crippen molar-refractivity contribution in [2.45, 2.75) is 18.9 Å². The lowest BCUT2D eigenvalue weighted by molar-refractivity contribution is 1.12. The Kier molecular flexibility index (Phi) is 2.13. The first kappa shape index (κ1) is 8.42. The van der Waals surface area contributed by atoms with Crippen molar-refractivity contribution in [2.75, 3.05) is 24.3 Å². The minimum atomic E-state index is 0.734. The first-order valence-electron chi connectivity index (χ1n) is 4.79. The summed E-state index contributed by atoms with van der Waals surface area (Å²) in [6.07, 6.45) is 2.65. The molecular weight excluding hydrogens is 160 g/mol. The van der Waals surface area contributed by atoms with Crippen LogP contribution in [-0.2, 0) is 0 Å². The molecule has 0 unspecified atom stereocenters. The highest BCUT2D eigenvalue weighted by molar-refractivity contribution is 5.58. The Hall–Kier alpha value is -1.18. The molecule has 0 heterocycles. The third-order valence-electron chi connectivity index (χ3n) is 2.31. The molecule has 0 bridgehead atoms. The molecule has 2 rings (SSSR count). The molecule has 1 aliphatic rings. The molecule has 0 aromatic heterocycles. The fraction of sp³-hybridized carbons (Fsp3) is 0.455. The van der Waals surface area contributed by atoms with Gasteiger partial charge in [-0.1, -0.05) is 6.07 Å². The molecule has 1 aromatic carbocycles. The molecular formula is C11H16N2. The summed E-state index contributed by atoms with van der Waals surface area (Å²) >= 11 is 0. The molecule has 1 aliphatic carbocycles. The summed E-state index contributed by atoms with van der Waals surface area (Å²) in [5.41, 5.74) is 2.50. The molecule has 1 fully saturated rings. The lowest BCUT2D eigenvalue weighted by Gasteiger charge is -2.14. The normalized spacial score (nSPS) is 15.5. The molecule has 1 saturated carbocycles. The van der Waals surface area contributed by atoms with E-state index in [1.165, 1.54) is 24.2 Å². The zero-order chi connectivity index (χ0) is 9.26. The van der Waals surface area contributed by atoms with Crippen LogP contribution in [0.1, 0.15) is 12.8 Å². The highest BCUT2D eigenvalue weighted by Crippen LogP contribution is 2.26. The van der Waals surface area contributed by atoms with Crippen LogP contribution in [0.5, 0.6) is 0 Å². The van der Waals surface area contributed by atoms with Crippen LogP contribution in [0, 0.1) is 0 Å². The van der Waals surface area contributed by atoms with Crippen molar-refractivity contribution in [1.29, 1.82) is 0 Å². The zero-order valence-electron chi connectivity index (χ0n) is 8.25. The van der Waals surface area contributed by atoms with E-state index < -0.39 is 0 Å². The molecule has 2 nitrogen and oxygen atoms in total. The van der Waals surface area contributed by atoms with Crippen molar-refractivity contribution in [3.63, 3.8) is 0 Å². The Morgan fingerprint density at radius 1 is 1.31 bits per heavy atom. The molecule has 0 amide bonds. The molecule has 0 spiro atoms. The van der Waals surface area contributed by atoms with Gasteiger partial charge in [0.15, 0.2) is 0 Å². The van der Waals surface area contributed by atoms with E-state index in [4.69, 9.17) is 0 Å². The van der Waals surface area contributed by atoms with Crippen molar-refractivity contribution in [3.05, 3.63) is 24.3 Å². The number of hydrogen-bond donors (Lipinski definition) is 1. The second-order valence-corrected chi connectivity index (χ2v) is 3.86. The van der Waals surface area contributed by atoms with Gasteiger partial charge in [0.1, 0.15) is 0 Å². The van der Waals surface area contributed by atoms with E-state index in [-0.39, 0.29) is 0 Å². The van der Waals surface area contributed by atoms with Gasteiger partial charge < -0.3 is 10.2 Å². The zero-order valence-corrected chi connectivity index (χ0v) is 8.25. The summed E-state index contributed by atoms with van der Waals surface area (Å²) in [6, 6.07) is 9.28. The van der Waals surface area contributed by atoms with Gasteiger partial charge in [0.05, 0.1) is 0 Å². The monoisotopic (exact) mass is 176 g/mol. The molecule has 13 heavy (non-hydrogen) atoms. The Balaban J connectivity index is 2.11. The first-order chi connectivity index (χ1) is 6.25. The predicted molar refractivity (Wildman–Crippen MR) is 57.4 cm³/mol. The van der Waals surface area contributed by atoms with E-state index in [1.807, 2.05) is 0 Å². The third kappa shape index (κ3) is 2.14. The quantitative estimate of drug-likeness (QED) is 0.760. The van der Waals surface area contributed by atoms with E-state index in [9.17, 15) is 0 Å². The van der Waals surface area contributed by atoms with Gasteiger partial charge >= 0.3 is 0 Å². The lowest BCUT2D eigenvalue weighted by Crippen LogP contribution is -2.09. The average molecular weight is 176 g/mol. The fourth-order valence-electron chi connectivity index (χ4n) is 1.34. The second kappa shape index (κ2) is 3.29. The smallest absolute Gasteiger partial charge is 0.0381 e. The fourth-order valence-corrected chi connectivity index (χ4v) is 1.34. The van der Waals surface area contributed by atoms with Crippen molar-refractivity contribution in [1.82, 2.24) is 0 Å². The summed E-state index contributed by atoms with van der Waals surface area (Å²) in [7, 11) is 4.13. The molecule has 70 valence electrons. The maximum atomic E-state index is 3.48. The van der Waals surface area contributed by atoms with Crippen molar-refractivity contribution < 1.29 is 0 Å². The maximum absolute atomic E-state index is 3.48. The summed E-state index contributed by atoms with van der Waals surface area (Å²) in [4.78, 5) is 2.12. The minimum Gasteiger partial charge on any atom is -0.382 e. The molecule has 0 radical (unpaired) electrons. The van der Waals surface area contributed by atoms with E-state index in [2.05, 4.69) is 48.6 Å². The van der Waals surface area contributed by atoms with Gasteiger partial charge in [0.2, 0.25) is 0 Å². The standard InChI is InChI=1S/C11H16N2/c1-13(2)11-5-3-4-10(8-11)12-9-6-7-9/h3-5,8-9,12H,6-7H2,1-2H3. The highest BCUT2D eigenvalue weighted by Gasteiger charge is 2.20. The van der Waals surface area contributed by atoms with E-state index >= 15 is 0 Å². The number of nitrogens with one attached hydrogen (secondary N) is 1. The predicted octanol–water partition coefficient (Wildman–Crippen LogP) is 2.33. The first-order valence-corrected chi connectivity index (χ1v) is 4.79. The van der Waals surface area contributed by atoms with Crippen LogP contribution in [0.3, 0.4) is 0 Å². The number of rotatable bonds is 3. The SMILES string of the molecule is CN(C)c1cccc(NC2CC2)c1. The van der Waals surface area contributed by atoms with Crippen LogP contribution in [0.15, 0.2) is 24.3 Å². The van der Waals surface area contributed by atoms with Crippen molar-refractivity contribution in [3.8, 4) is 0 Å². The van der Waals surface area contributed by atoms with Gasteiger partial charge in [0, 0.05) is 31.5 Å². The van der Waals surface area contributed by atoms with Crippen LogP contribution < -0.4 is 10.2 Å².